The van der Waals surface area contributed by atoms with Crippen molar-refractivity contribution in [2.45, 2.75) is 65.0 Å². The van der Waals surface area contributed by atoms with Gasteiger partial charge in [-0.1, -0.05) is 20.3 Å². The molecule has 1 unspecified atom stereocenters. The monoisotopic (exact) mass is 597 g/mol. The van der Waals surface area contributed by atoms with E-state index in [0.717, 1.165) is 12.8 Å². The fraction of sp³-hybridized carbons (Fsp3) is 0.429. The second kappa shape index (κ2) is 17.7. The molecule has 2 heterocycles. The standard InChI is InChI=1S/C26H33N9O6.C2H6/c1-28-19(36)5-3-2-4-12-29-20(37)11-10-18(25(40)41)33-23(38)15-6-8-16(9-7-15)30-13-17-14-31-22-21(32-17)24(39)35-26(27)34-22;1-2/h6-9,14,18,30H,2-5,10-13H2,1H3,(H,28,36)(H,29,37)(H,33,38)(H,40,41)(H3,27,31,34,35,39);1-2H3. The van der Waals surface area contributed by atoms with Crippen molar-refractivity contribution in [2.24, 2.45) is 0 Å². The summed E-state index contributed by atoms with van der Waals surface area (Å²) in [6.45, 7) is 4.66. The van der Waals surface area contributed by atoms with Gasteiger partial charge in [0.1, 0.15) is 6.04 Å². The molecule has 1 aromatic carbocycles. The number of aliphatic carboxylic acids is 1. The molecule has 0 fully saturated rings. The summed E-state index contributed by atoms with van der Waals surface area (Å²) >= 11 is 0. The lowest BCUT2D eigenvalue weighted by Crippen LogP contribution is -2.41. The number of carbonyl (C=O) groups excluding carboxylic acids is 3. The van der Waals surface area contributed by atoms with Crippen LogP contribution in [-0.4, -0.2) is 68.4 Å². The Morgan fingerprint density at radius 1 is 1.00 bits per heavy atom. The fourth-order valence-electron chi connectivity index (χ4n) is 3.79. The molecule has 0 saturated carbocycles. The van der Waals surface area contributed by atoms with Crippen molar-refractivity contribution in [3.63, 3.8) is 0 Å². The Hall–Kier alpha value is -5.08. The number of aromatic amines is 1. The molecule has 0 spiro atoms. The molecule has 8 N–H and O–H groups in total. The second-order valence-electron chi connectivity index (χ2n) is 9.15. The molecule has 15 nitrogen and oxygen atoms in total. The lowest BCUT2D eigenvalue weighted by Gasteiger charge is -2.15. The van der Waals surface area contributed by atoms with Gasteiger partial charge in [0, 0.05) is 37.7 Å². The average Bonchev–Trinajstić information content (AvgIpc) is 3.00. The number of H-pyrrole nitrogens is 1. The molecule has 0 saturated heterocycles. The first-order valence-electron chi connectivity index (χ1n) is 14.0. The third-order valence-corrected chi connectivity index (χ3v) is 6.05. The van der Waals surface area contributed by atoms with Gasteiger partial charge in [0.2, 0.25) is 17.8 Å². The Morgan fingerprint density at radius 3 is 2.40 bits per heavy atom. The highest BCUT2D eigenvalue weighted by atomic mass is 16.4. The van der Waals surface area contributed by atoms with Crippen molar-refractivity contribution in [1.82, 2.24) is 35.9 Å². The van der Waals surface area contributed by atoms with Crippen LogP contribution in [0.25, 0.3) is 11.2 Å². The smallest absolute Gasteiger partial charge is 0.326 e. The summed E-state index contributed by atoms with van der Waals surface area (Å²) < 4.78 is 0. The molecule has 0 radical (unpaired) electrons. The van der Waals surface area contributed by atoms with E-state index in [0.29, 0.717) is 30.8 Å². The van der Waals surface area contributed by atoms with Crippen molar-refractivity contribution in [1.29, 1.82) is 0 Å². The molecule has 232 valence electrons. The number of carboxylic acids is 1. The molecular formula is C28H39N9O6. The van der Waals surface area contributed by atoms with Crippen molar-refractivity contribution in [2.75, 3.05) is 24.6 Å². The highest BCUT2D eigenvalue weighted by Crippen LogP contribution is 2.12. The molecule has 1 atom stereocenters. The van der Waals surface area contributed by atoms with E-state index in [2.05, 4.69) is 41.2 Å². The van der Waals surface area contributed by atoms with Crippen LogP contribution in [0.2, 0.25) is 0 Å². The van der Waals surface area contributed by atoms with Gasteiger partial charge in [-0.3, -0.25) is 24.2 Å². The Morgan fingerprint density at radius 2 is 1.72 bits per heavy atom. The van der Waals surface area contributed by atoms with Gasteiger partial charge >= 0.3 is 5.97 Å². The first-order valence-corrected chi connectivity index (χ1v) is 14.0. The lowest BCUT2D eigenvalue weighted by molar-refractivity contribution is -0.139. The summed E-state index contributed by atoms with van der Waals surface area (Å²) in [4.78, 5) is 74.2. The fourth-order valence-corrected chi connectivity index (χ4v) is 3.79. The largest absolute Gasteiger partial charge is 0.480 e. The number of amides is 3. The molecule has 43 heavy (non-hydrogen) atoms. The Labute approximate surface area is 248 Å². The maximum absolute atomic E-state index is 12.6. The number of hydrogen-bond acceptors (Lipinski definition) is 10. The normalized spacial score (nSPS) is 11.0. The van der Waals surface area contributed by atoms with Crippen molar-refractivity contribution in [3.8, 4) is 0 Å². The number of anilines is 2. The highest BCUT2D eigenvalue weighted by molar-refractivity contribution is 5.97. The molecule has 0 bridgehead atoms. The van der Waals surface area contributed by atoms with Crippen LogP contribution in [0.1, 0.15) is 68.4 Å². The summed E-state index contributed by atoms with van der Waals surface area (Å²) in [5.74, 6) is -2.22. The van der Waals surface area contributed by atoms with Crippen LogP contribution >= 0.6 is 0 Å². The zero-order valence-electron chi connectivity index (χ0n) is 24.5. The Balaban J connectivity index is 0.00000316. The molecule has 0 aliphatic carbocycles. The predicted molar refractivity (Wildman–Crippen MR) is 161 cm³/mol. The number of unbranched alkanes of at least 4 members (excludes halogenated alkanes) is 2. The summed E-state index contributed by atoms with van der Waals surface area (Å²) in [5, 5.41) is 20.3. The van der Waals surface area contributed by atoms with Crippen LogP contribution in [-0.2, 0) is 20.9 Å². The van der Waals surface area contributed by atoms with E-state index in [1.807, 2.05) is 13.8 Å². The quantitative estimate of drug-likeness (QED) is 0.123. The van der Waals surface area contributed by atoms with Gasteiger partial charge in [0.15, 0.2) is 11.2 Å². The zero-order chi connectivity index (χ0) is 31.8. The van der Waals surface area contributed by atoms with Gasteiger partial charge in [-0.15, -0.1) is 0 Å². The minimum atomic E-state index is -1.24. The van der Waals surface area contributed by atoms with Crippen molar-refractivity contribution >= 4 is 46.5 Å². The number of benzene rings is 1. The van der Waals surface area contributed by atoms with E-state index in [1.165, 1.54) is 18.3 Å². The van der Waals surface area contributed by atoms with Crippen LogP contribution in [0, 0.1) is 0 Å². The maximum atomic E-state index is 12.6. The van der Waals surface area contributed by atoms with Crippen LogP contribution < -0.4 is 32.6 Å². The van der Waals surface area contributed by atoms with Gasteiger partial charge in [-0.25, -0.2) is 14.8 Å². The van der Waals surface area contributed by atoms with Crippen LogP contribution in [0.15, 0.2) is 35.3 Å². The Kier molecular flexibility index (Phi) is 14.0. The van der Waals surface area contributed by atoms with Crippen molar-refractivity contribution in [3.05, 3.63) is 52.1 Å². The van der Waals surface area contributed by atoms with Gasteiger partial charge in [0.25, 0.3) is 11.5 Å². The first kappa shape index (κ1) is 34.1. The number of nitrogens with two attached hydrogens (primary N) is 1. The maximum Gasteiger partial charge on any atom is 0.326 e. The molecule has 3 rings (SSSR count). The van der Waals surface area contributed by atoms with Crippen LogP contribution in [0.3, 0.4) is 0 Å². The number of rotatable bonds is 15. The van der Waals surface area contributed by atoms with E-state index >= 15 is 0 Å². The minimum Gasteiger partial charge on any atom is -0.480 e. The number of fused-ring (bicyclic) bond motifs is 1. The first-order chi connectivity index (χ1) is 20.7. The van der Waals surface area contributed by atoms with Crippen molar-refractivity contribution < 1.29 is 24.3 Å². The van der Waals surface area contributed by atoms with E-state index in [4.69, 9.17) is 5.73 Å². The third-order valence-electron chi connectivity index (χ3n) is 6.05. The SMILES string of the molecule is CC.CNC(=O)CCCCCNC(=O)CCC(NC(=O)c1ccc(NCc2cnc3nc(N)[nH]c(=O)c3n2)cc1)C(=O)O. The van der Waals surface area contributed by atoms with Gasteiger partial charge < -0.3 is 32.1 Å². The average molecular weight is 598 g/mol. The number of hydrogen-bond donors (Lipinski definition) is 7. The summed E-state index contributed by atoms with van der Waals surface area (Å²) in [7, 11) is 1.58. The lowest BCUT2D eigenvalue weighted by atomic mass is 10.1. The van der Waals surface area contributed by atoms with Gasteiger partial charge in [-0.05, 0) is 43.5 Å². The molecule has 0 aliphatic heterocycles. The number of aromatic nitrogens is 4. The Bertz CT molecular complexity index is 1440. The summed E-state index contributed by atoms with van der Waals surface area (Å²) in [5.41, 5.74) is 6.57. The minimum absolute atomic E-state index is 0.0274. The van der Waals surface area contributed by atoms with E-state index in [1.54, 1.807) is 19.2 Å². The second-order valence-corrected chi connectivity index (χ2v) is 9.15. The van der Waals surface area contributed by atoms with E-state index in [-0.39, 0.29) is 53.9 Å². The topological polar surface area (TPSA) is 234 Å². The number of nitrogen functional groups attached to an aromatic ring is 1. The highest BCUT2D eigenvalue weighted by Gasteiger charge is 2.21. The number of nitrogens with zero attached hydrogens (tertiary/aromatic N) is 3. The molecule has 2 aromatic heterocycles. The molecule has 3 amide bonds. The van der Waals surface area contributed by atoms with Crippen LogP contribution in [0.4, 0.5) is 11.6 Å². The van der Waals surface area contributed by atoms with E-state index in [9.17, 15) is 29.1 Å². The van der Waals surface area contributed by atoms with Gasteiger partial charge in [-0.2, -0.15) is 4.98 Å². The number of carbonyl (C=O) groups is 4. The van der Waals surface area contributed by atoms with Gasteiger partial charge in [0.05, 0.1) is 18.4 Å². The molecule has 0 aliphatic rings. The molecular weight excluding hydrogens is 558 g/mol. The summed E-state index contributed by atoms with van der Waals surface area (Å²) in [6.07, 6.45) is 3.96. The predicted octanol–water partition coefficient (Wildman–Crippen LogP) is 1.32. The van der Waals surface area contributed by atoms with Crippen LogP contribution in [0.5, 0.6) is 0 Å². The molecule has 15 heteroatoms. The summed E-state index contributed by atoms with van der Waals surface area (Å²) in [6, 6.07) is 5.08. The van der Waals surface area contributed by atoms with E-state index < -0.39 is 23.5 Å². The third kappa shape index (κ3) is 11.4. The zero-order valence-corrected chi connectivity index (χ0v) is 24.5. The number of nitrogens with one attached hydrogen (secondary N) is 5. The molecule has 3 aromatic rings. The number of carboxylic acid groups (broad SMARTS) is 1.